The first-order chi connectivity index (χ1) is 11.0. The number of hydrogen-bond donors (Lipinski definition) is 2. The van der Waals surface area contributed by atoms with Gasteiger partial charge in [-0.15, -0.1) is 5.10 Å². The van der Waals surface area contributed by atoms with Gasteiger partial charge >= 0.3 is 5.69 Å². The van der Waals surface area contributed by atoms with Gasteiger partial charge in [0.1, 0.15) is 11.6 Å². The van der Waals surface area contributed by atoms with Crippen LogP contribution in [0.25, 0.3) is 0 Å². The van der Waals surface area contributed by atoms with Crippen LogP contribution in [0.4, 0.5) is 5.82 Å². The van der Waals surface area contributed by atoms with Crippen LogP contribution in [0.1, 0.15) is 30.3 Å². The van der Waals surface area contributed by atoms with E-state index in [4.69, 9.17) is 0 Å². The van der Waals surface area contributed by atoms with E-state index in [1.165, 1.54) is 4.68 Å². The van der Waals surface area contributed by atoms with Crippen molar-refractivity contribution in [3.05, 3.63) is 34.1 Å². The highest BCUT2D eigenvalue weighted by Crippen LogP contribution is 2.37. The molecule has 0 aliphatic heterocycles. The van der Waals surface area contributed by atoms with Crippen LogP contribution < -0.4 is 11.0 Å². The summed E-state index contributed by atoms with van der Waals surface area (Å²) in [5, 5.41) is 25.9. The third-order valence-corrected chi connectivity index (χ3v) is 4.53. The predicted molar refractivity (Wildman–Crippen MR) is 85.2 cm³/mol. The number of hydrogen-bond acceptors (Lipinski definition) is 6. The third-order valence-electron chi connectivity index (χ3n) is 4.53. The minimum Gasteiger partial charge on any atom is -0.393 e. The maximum atomic E-state index is 11.8. The average Bonchev–Trinajstić information content (AvgIpc) is 3.02. The molecule has 2 heterocycles. The Hall–Kier alpha value is -2.22. The Bertz CT molecular complexity index is 735. The zero-order valence-electron chi connectivity index (χ0n) is 13.6. The van der Waals surface area contributed by atoms with Crippen molar-refractivity contribution in [1.29, 1.82) is 0 Å². The molecule has 3 atom stereocenters. The van der Waals surface area contributed by atoms with E-state index in [1.54, 1.807) is 18.7 Å². The fourth-order valence-corrected chi connectivity index (χ4v) is 3.20. The molecule has 0 unspecified atom stereocenters. The maximum Gasteiger partial charge on any atom is 0.345 e. The fourth-order valence-electron chi connectivity index (χ4n) is 3.20. The van der Waals surface area contributed by atoms with Crippen LogP contribution in [0.5, 0.6) is 0 Å². The Kier molecular flexibility index (Phi) is 4.16. The predicted octanol–water partition coefficient (Wildman–Crippen LogP) is 0.184. The van der Waals surface area contributed by atoms with Gasteiger partial charge in [-0.2, -0.15) is 10.2 Å². The topological polar surface area (TPSA) is 97.9 Å². The maximum absolute atomic E-state index is 11.8. The van der Waals surface area contributed by atoms with Crippen molar-refractivity contribution in [2.75, 3.05) is 11.9 Å². The molecule has 0 saturated heterocycles. The number of aliphatic hydroxyl groups is 1. The molecule has 0 aromatic carbocycles. The molecule has 2 aromatic rings. The number of aromatic nitrogens is 5. The minimum absolute atomic E-state index is 0.0970. The van der Waals surface area contributed by atoms with Gasteiger partial charge in [-0.3, -0.25) is 4.57 Å². The Morgan fingerprint density at radius 1 is 1.30 bits per heavy atom. The van der Waals surface area contributed by atoms with Gasteiger partial charge in [-0.25, -0.2) is 9.48 Å². The van der Waals surface area contributed by atoms with Gasteiger partial charge < -0.3 is 10.4 Å². The van der Waals surface area contributed by atoms with Crippen LogP contribution in [0.2, 0.25) is 0 Å². The fraction of sp³-hybridized carbons (Fsp3) is 0.600. The molecule has 0 radical (unpaired) electrons. The van der Waals surface area contributed by atoms with E-state index in [1.807, 2.05) is 19.1 Å². The van der Waals surface area contributed by atoms with E-state index in [0.717, 1.165) is 17.9 Å². The number of anilines is 1. The molecule has 124 valence electrons. The Labute approximate surface area is 134 Å². The second-order valence-electron chi connectivity index (χ2n) is 6.26. The van der Waals surface area contributed by atoms with Crippen molar-refractivity contribution in [2.24, 2.45) is 20.0 Å². The summed E-state index contributed by atoms with van der Waals surface area (Å²) in [5.74, 6) is 1.64. The molecule has 0 amide bonds. The number of nitrogens with one attached hydrogen (secondary N) is 1. The number of aliphatic hydroxyl groups excluding tert-OH is 1. The lowest BCUT2D eigenvalue weighted by atomic mass is 10.0. The van der Waals surface area contributed by atoms with Crippen LogP contribution in [0, 0.1) is 12.8 Å². The summed E-state index contributed by atoms with van der Waals surface area (Å²) in [4.78, 5) is 11.8. The molecular weight excluding hydrogens is 296 g/mol. The van der Waals surface area contributed by atoms with Gasteiger partial charge in [0.2, 0.25) is 0 Å². The van der Waals surface area contributed by atoms with E-state index in [-0.39, 0.29) is 17.5 Å². The first-order valence-corrected chi connectivity index (χ1v) is 7.78. The molecule has 0 spiro atoms. The van der Waals surface area contributed by atoms with Crippen molar-refractivity contribution in [3.8, 4) is 0 Å². The lowest BCUT2D eigenvalue weighted by Gasteiger charge is -2.15. The Balaban J connectivity index is 1.65. The molecule has 3 rings (SSSR count). The molecule has 23 heavy (non-hydrogen) atoms. The van der Waals surface area contributed by atoms with E-state index in [0.29, 0.717) is 18.8 Å². The first-order valence-electron chi connectivity index (χ1n) is 7.78. The van der Waals surface area contributed by atoms with E-state index >= 15 is 0 Å². The van der Waals surface area contributed by atoms with Crippen molar-refractivity contribution >= 4 is 5.82 Å². The smallest absolute Gasteiger partial charge is 0.345 e. The minimum atomic E-state index is -0.414. The van der Waals surface area contributed by atoms with Crippen molar-refractivity contribution < 1.29 is 5.11 Å². The van der Waals surface area contributed by atoms with E-state index in [9.17, 15) is 9.90 Å². The van der Waals surface area contributed by atoms with Gasteiger partial charge in [0, 0.05) is 32.5 Å². The lowest BCUT2D eigenvalue weighted by molar-refractivity contribution is 0.137. The molecule has 0 bridgehead atoms. The second kappa shape index (κ2) is 6.11. The monoisotopic (exact) mass is 318 g/mol. The standard InChI is InChI=1S/C15H22N6O2/c1-9-4-5-13(18-17-9)16-8-11-6-10(7-12(11)22)14-19-21(3)15(23)20(14)2/h4-5,10-12,22H,6-8H2,1-3H3,(H,16,18)/t10-,11+,12+/m0/s1. The summed E-state index contributed by atoms with van der Waals surface area (Å²) in [5.41, 5.74) is 0.735. The molecular formula is C15H22N6O2. The average molecular weight is 318 g/mol. The summed E-state index contributed by atoms with van der Waals surface area (Å²) in [7, 11) is 3.37. The highest BCUT2D eigenvalue weighted by atomic mass is 16.3. The first kappa shape index (κ1) is 15.7. The zero-order chi connectivity index (χ0) is 16.6. The Morgan fingerprint density at radius 2 is 2.09 bits per heavy atom. The summed E-state index contributed by atoms with van der Waals surface area (Å²) in [6, 6.07) is 3.77. The highest BCUT2D eigenvalue weighted by molar-refractivity contribution is 5.32. The summed E-state index contributed by atoms with van der Waals surface area (Å²) >= 11 is 0. The van der Waals surface area contributed by atoms with Gasteiger partial charge in [0.05, 0.1) is 11.8 Å². The zero-order valence-corrected chi connectivity index (χ0v) is 13.6. The number of rotatable bonds is 4. The van der Waals surface area contributed by atoms with Gasteiger partial charge in [0.25, 0.3) is 0 Å². The largest absolute Gasteiger partial charge is 0.393 e. The van der Waals surface area contributed by atoms with Crippen LogP contribution in [0.15, 0.2) is 16.9 Å². The number of aryl methyl sites for hydroxylation is 2. The van der Waals surface area contributed by atoms with E-state index in [2.05, 4.69) is 20.6 Å². The molecule has 1 aliphatic carbocycles. The van der Waals surface area contributed by atoms with Crippen LogP contribution in [-0.4, -0.2) is 42.3 Å². The van der Waals surface area contributed by atoms with Crippen molar-refractivity contribution in [1.82, 2.24) is 24.5 Å². The molecule has 1 fully saturated rings. The van der Waals surface area contributed by atoms with Gasteiger partial charge in [-0.05, 0) is 31.9 Å². The third kappa shape index (κ3) is 3.12. The Morgan fingerprint density at radius 3 is 2.70 bits per heavy atom. The van der Waals surface area contributed by atoms with Gasteiger partial charge in [0.15, 0.2) is 0 Å². The van der Waals surface area contributed by atoms with Crippen molar-refractivity contribution in [3.63, 3.8) is 0 Å². The van der Waals surface area contributed by atoms with Crippen LogP contribution in [0.3, 0.4) is 0 Å². The quantitative estimate of drug-likeness (QED) is 0.835. The molecule has 8 nitrogen and oxygen atoms in total. The summed E-state index contributed by atoms with van der Waals surface area (Å²) in [6.07, 6.45) is 0.997. The van der Waals surface area contributed by atoms with Crippen LogP contribution in [-0.2, 0) is 14.1 Å². The molecule has 8 heteroatoms. The van der Waals surface area contributed by atoms with Gasteiger partial charge in [-0.1, -0.05) is 0 Å². The second-order valence-corrected chi connectivity index (χ2v) is 6.26. The molecule has 2 aromatic heterocycles. The van der Waals surface area contributed by atoms with E-state index < -0.39 is 6.10 Å². The van der Waals surface area contributed by atoms with Crippen molar-refractivity contribution in [2.45, 2.75) is 31.8 Å². The summed E-state index contributed by atoms with van der Waals surface area (Å²) < 4.78 is 2.91. The molecule has 1 saturated carbocycles. The number of nitrogens with zero attached hydrogens (tertiary/aromatic N) is 5. The highest BCUT2D eigenvalue weighted by Gasteiger charge is 2.36. The lowest BCUT2D eigenvalue weighted by Crippen LogP contribution is -2.22. The molecule has 1 aliphatic rings. The van der Waals surface area contributed by atoms with Crippen LogP contribution >= 0.6 is 0 Å². The molecule has 2 N–H and O–H groups in total. The normalized spacial score (nSPS) is 24.1. The summed E-state index contributed by atoms with van der Waals surface area (Å²) in [6.45, 7) is 2.51. The SMILES string of the molecule is Cc1ccc(NC[C@H]2C[C@H](c3nn(C)c(=O)n3C)C[C@H]2O)nn1.